The number of benzene rings is 1. The van der Waals surface area contributed by atoms with E-state index in [1.165, 1.54) is 0 Å². The minimum atomic E-state index is 0.164. The van der Waals surface area contributed by atoms with Crippen molar-refractivity contribution in [3.8, 4) is 22.9 Å². The van der Waals surface area contributed by atoms with Gasteiger partial charge in [0.2, 0.25) is 0 Å². The molecule has 0 unspecified atom stereocenters. The molecule has 0 aliphatic carbocycles. The fourth-order valence-corrected chi connectivity index (χ4v) is 1.43. The number of hydrogen-bond acceptors (Lipinski definition) is 5. The summed E-state index contributed by atoms with van der Waals surface area (Å²) in [7, 11) is 3.17. The summed E-state index contributed by atoms with van der Waals surface area (Å²) in [4.78, 5) is 4.18. The maximum atomic E-state index is 5.15. The van der Waals surface area contributed by atoms with E-state index in [2.05, 4.69) is 10.1 Å². The second-order valence-electron chi connectivity index (χ2n) is 3.03. The number of aromatic nitrogens is 2. The summed E-state index contributed by atoms with van der Waals surface area (Å²) in [5, 5.41) is 2.62. The summed E-state index contributed by atoms with van der Waals surface area (Å²) in [6, 6.07) is 5.40. The zero-order valence-electron chi connectivity index (χ0n) is 8.81. The molecule has 1 N–H and O–H groups in total. The van der Waals surface area contributed by atoms with Crippen molar-refractivity contribution in [1.29, 1.82) is 0 Å². The fraction of sp³-hybridized carbons (Fsp3) is 0.200. The molecule has 2 rings (SSSR count). The normalized spacial score (nSPS) is 10.1. The van der Waals surface area contributed by atoms with Gasteiger partial charge in [-0.2, -0.15) is 4.98 Å². The van der Waals surface area contributed by atoms with Crippen LogP contribution in [0.2, 0.25) is 0 Å². The van der Waals surface area contributed by atoms with E-state index in [0.29, 0.717) is 17.3 Å². The van der Waals surface area contributed by atoms with Crippen LogP contribution in [0.15, 0.2) is 22.7 Å². The molecule has 0 saturated carbocycles. The Bertz CT molecular complexity index is 525. The quantitative estimate of drug-likeness (QED) is 0.832. The van der Waals surface area contributed by atoms with Crippen LogP contribution in [0.25, 0.3) is 11.4 Å². The number of aromatic amines is 1. The molecule has 0 fully saturated rings. The first-order valence-electron chi connectivity index (χ1n) is 4.52. The van der Waals surface area contributed by atoms with Crippen molar-refractivity contribution >= 4 is 12.2 Å². The molecule has 0 atom stereocenters. The SMILES string of the molecule is COc1cc(OC)cc(-c2nc(=S)o[nH]2)c1. The van der Waals surface area contributed by atoms with Gasteiger partial charge < -0.3 is 14.0 Å². The van der Waals surface area contributed by atoms with Crippen molar-refractivity contribution in [2.75, 3.05) is 14.2 Å². The number of nitrogens with one attached hydrogen (secondary N) is 1. The molecule has 0 amide bonds. The Morgan fingerprint density at radius 3 is 2.25 bits per heavy atom. The highest BCUT2D eigenvalue weighted by atomic mass is 32.1. The van der Waals surface area contributed by atoms with E-state index in [-0.39, 0.29) is 4.84 Å². The van der Waals surface area contributed by atoms with Crippen molar-refractivity contribution < 1.29 is 14.0 Å². The molecular formula is C10H10N2O3S. The van der Waals surface area contributed by atoms with Gasteiger partial charge in [-0.3, -0.25) is 0 Å². The Morgan fingerprint density at radius 2 is 1.81 bits per heavy atom. The Morgan fingerprint density at radius 1 is 1.19 bits per heavy atom. The second kappa shape index (κ2) is 4.36. The lowest BCUT2D eigenvalue weighted by atomic mass is 10.2. The molecule has 0 aliphatic rings. The Balaban J connectivity index is 2.51. The number of ether oxygens (including phenoxy) is 2. The molecule has 16 heavy (non-hydrogen) atoms. The predicted octanol–water partition coefficient (Wildman–Crippen LogP) is 2.42. The van der Waals surface area contributed by atoms with Crippen LogP contribution in [0.3, 0.4) is 0 Å². The van der Waals surface area contributed by atoms with Gasteiger partial charge in [0.25, 0.3) is 0 Å². The van der Waals surface area contributed by atoms with Crippen LogP contribution in [0, 0.1) is 4.84 Å². The highest BCUT2D eigenvalue weighted by molar-refractivity contribution is 7.71. The van der Waals surface area contributed by atoms with Crippen molar-refractivity contribution in [1.82, 2.24) is 10.1 Å². The molecule has 0 spiro atoms. The van der Waals surface area contributed by atoms with E-state index in [1.807, 2.05) is 12.1 Å². The first-order valence-corrected chi connectivity index (χ1v) is 4.92. The van der Waals surface area contributed by atoms with Gasteiger partial charge in [-0.15, -0.1) is 0 Å². The Kier molecular flexibility index (Phi) is 2.91. The predicted molar refractivity (Wildman–Crippen MR) is 60.2 cm³/mol. The Labute approximate surface area is 97.0 Å². The largest absolute Gasteiger partial charge is 0.497 e. The number of methoxy groups -OCH3 is 2. The van der Waals surface area contributed by atoms with Crippen LogP contribution in [0.5, 0.6) is 11.5 Å². The highest BCUT2D eigenvalue weighted by Crippen LogP contribution is 2.27. The number of rotatable bonds is 3. The lowest BCUT2D eigenvalue weighted by Gasteiger charge is -2.05. The van der Waals surface area contributed by atoms with Gasteiger partial charge in [-0.1, -0.05) is 0 Å². The van der Waals surface area contributed by atoms with Gasteiger partial charge in [-0.05, 0) is 24.4 Å². The van der Waals surface area contributed by atoms with Gasteiger partial charge >= 0.3 is 4.84 Å². The van der Waals surface area contributed by atoms with Crippen LogP contribution in [0.1, 0.15) is 0 Å². The first kappa shape index (κ1) is 10.7. The molecule has 0 saturated heterocycles. The van der Waals surface area contributed by atoms with E-state index in [0.717, 1.165) is 5.56 Å². The average molecular weight is 238 g/mol. The van der Waals surface area contributed by atoms with Crippen molar-refractivity contribution in [2.45, 2.75) is 0 Å². The van der Waals surface area contributed by atoms with Crippen molar-refractivity contribution in [3.05, 3.63) is 23.0 Å². The number of H-pyrrole nitrogens is 1. The molecule has 1 heterocycles. The molecule has 1 aromatic carbocycles. The van der Waals surface area contributed by atoms with Crippen LogP contribution < -0.4 is 9.47 Å². The van der Waals surface area contributed by atoms with Gasteiger partial charge in [0.05, 0.1) is 14.2 Å². The van der Waals surface area contributed by atoms with Crippen LogP contribution >= 0.6 is 12.2 Å². The zero-order valence-corrected chi connectivity index (χ0v) is 9.63. The molecule has 84 valence electrons. The van der Waals surface area contributed by atoms with E-state index in [1.54, 1.807) is 20.3 Å². The van der Waals surface area contributed by atoms with Gasteiger partial charge in [0, 0.05) is 11.6 Å². The molecule has 6 heteroatoms. The summed E-state index contributed by atoms with van der Waals surface area (Å²) in [6.45, 7) is 0. The fourth-order valence-electron chi connectivity index (χ4n) is 1.30. The van der Waals surface area contributed by atoms with Gasteiger partial charge in [0.15, 0.2) is 5.82 Å². The summed E-state index contributed by atoms with van der Waals surface area (Å²) < 4.78 is 15.2. The molecule has 5 nitrogen and oxygen atoms in total. The standard InChI is InChI=1S/C10H10N2O3S/c1-13-7-3-6(4-8(5-7)14-2)9-11-10(16)15-12-9/h3-5H,1-2H3,(H,11,12,16). The third-order valence-electron chi connectivity index (χ3n) is 2.06. The molecule has 0 bridgehead atoms. The third kappa shape index (κ3) is 2.06. The lowest BCUT2D eigenvalue weighted by molar-refractivity contribution is 0.394. The van der Waals surface area contributed by atoms with Crippen LogP contribution in [-0.2, 0) is 0 Å². The summed E-state index contributed by atoms with van der Waals surface area (Å²) in [6.07, 6.45) is 0. The monoisotopic (exact) mass is 238 g/mol. The third-order valence-corrected chi connectivity index (χ3v) is 2.24. The summed E-state index contributed by atoms with van der Waals surface area (Å²) in [5.41, 5.74) is 0.788. The highest BCUT2D eigenvalue weighted by Gasteiger charge is 2.07. The number of hydrogen-bond donors (Lipinski definition) is 1. The maximum Gasteiger partial charge on any atom is 0.314 e. The minimum Gasteiger partial charge on any atom is -0.497 e. The second-order valence-corrected chi connectivity index (χ2v) is 3.38. The van der Waals surface area contributed by atoms with Gasteiger partial charge in [0.1, 0.15) is 11.5 Å². The summed E-state index contributed by atoms with van der Waals surface area (Å²) >= 11 is 4.78. The van der Waals surface area contributed by atoms with Crippen molar-refractivity contribution in [2.24, 2.45) is 0 Å². The zero-order chi connectivity index (χ0) is 11.5. The van der Waals surface area contributed by atoms with E-state index in [4.69, 9.17) is 26.2 Å². The molecule has 0 radical (unpaired) electrons. The molecule has 0 aliphatic heterocycles. The lowest BCUT2D eigenvalue weighted by Crippen LogP contribution is -1.89. The summed E-state index contributed by atoms with van der Waals surface area (Å²) in [5.74, 6) is 1.90. The van der Waals surface area contributed by atoms with Crippen molar-refractivity contribution in [3.63, 3.8) is 0 Å². The smallest absolute Gasteiger partial charge is 0.314 e. The topological polar surface area (TPSA) is 60.3 Å². The van der Waals surface area contributed by atoms with Crippen LogP contribution in [0.4, 0.5) is 0 Å². The molecule has 1 aromatic heterocycles. The minimum absolute atomic E-state index is 0.164. The molecule has 2 aromatic rings. The maximum absolute atomic E-state index is 5.15. The Hall–Kier alpha value is -1.82. The van der Waals surface area contributed by atoms with E-state index in [9.17, 15) is 0 Å². The van der Waals surface area contributed by atoms with E-state index >= 15 is 0 Å². The average Bonchev–Trinajstić information content (AvgIpc) is 2.75. The van der Waals surface area contributed by atoms with Crippen LogP contribution in [-0.4, -0.2) is 24.4 Å². The van der Waals surface area contributed by atoms with E-state index < -0.39 is 0 Å². The molecular weight excluding hydrogens is 228 g/mol. The van der Waals surface area contributed by atoms with Gasteiger partial charge in [-0.25, -0.2) is 5.16 Å². The number of nitrogens with zero attached hydrogens (tertiary/aromatic N) is 1. The first-order chi connectivity index (χ1) is 7.72.